The molecule has 1 rings (SSSR count). The summed E-state index contributed by atoms with van der Waals surface area (Å²) in [5.74, 6) is -1.15. The minimum Gasteiger partial charge on any atom is -0.481 e. The first kappa shape index (κ1) is 8.49. The molecule has 0 aromatic heterocycles. The van der Waals surface area contributed by atoms with Gasteiger partial charge in [0.25, 0.3) is 0 Å². The third-order valence-electron chi connectivity index (χ3n) is 1.95. The van der Waals surface area contributed by atoms with Gasteiger partial charge in [-0.3, -0.25) is 10.1 Å². The molecule has 4 heteroatoms. The summed E-state index contributed by atoms with van der Waals surface area (Å²) in [6, 6.07) is 0. The second kappa shape index (κ2) is 3.69. The molecule has 4 nitrogen and oxygen atoms in total. The Labute approximate surface area is 64.7 Å². The molecule has 1 aliphatic rings. The normalized spacial score (nSPS) is 31.7. The molecule has 0 bridgehead atoms. The lowest BCUT2D eigenvalue weighted by Gasteiger charge is -2.22. The molecule has 1 radical (unpaired) electrons. The molecule has 0 aromatic carbocycles. The molecule has 1 aliphatic carbocycles. The summed E-state index contributed by atoms with van der Waals surface area (Å²) in [7, 11) is 0. The van der Waals surface area contributed by atoms with Crippen LogP contribution in [-0.2, 0) is 9.68 Å². The van der Waals surface area contributed by atoms with E-state index >= 15 is 0 Å². The number of hydrogen-bond acceptors (Lipinski definition) is 3. The second-order valence-electron chi connectivity index (χ2n) is 2.72. The molecule has 11 heavy (non-hydrogen) atoms. The van der Waals surface area contributed by atoms with E-state index in [1.165, 1.54) is 0 Å². The molecule has 0 heterocycles. The van der Waals surface area contributed by atoms with Crippen LogP contribution in [0.2, 0.25) is 0 Å². The van der Waals surface area contributed by atoms with E-state index in [0.717, 1.165) is 0 Å². The van der Waals surface area contributed by atoms with E-state index in [2.05, 4.69) is 4.89 Å². The fourth-order valence-electron chi connectivity index (χ4n) is 1.24. The molecule has 1 fully saturated rings. The van der Waals surface area contributed by atoms with E-state index < -0.39 is 5.97 Å². The van der Waals surface area contributed by atoms with Crippen molar-refractivity contribution in [3.63, 3.8) is 0 Å². The molecule has 63 valence electrons. The Bertz CT molecular complexity index is 137. The van der Waals surface area contributed by atoms with Gasteiger partial charge in [-0.15, -0.1) is 0 Å². The fraction of sp³-hybridized carbons (Fsp3) is 0.714. The highest BCUT2D eigenvalue weighted by atomic mass is 17.1. The highest BCUT2D eigenvalue weighted by Crippen LogP contribution is 2.24. The van der Waals surface area contributed by atoms with Gasteiger partial charge < -0.3 is 5.11 Å². The molecular formula is C7H11O4. The Kier molecular flexibility index (Phi) is 2.84. The summed E-state index contributed by atoms with van der Waals surface area (Å²) in [6.45, 7) is 0. The zero-order valence-corrected chi connectivity index (χ0v) is 6.06. The van der Waals surface area contributed by atoms with Crippen LogP contribution >= 0.6 is 0 Å². The van der Waals surface area contributed by atoms with Gasteiger partial charge >= 0.3 is 5.97 Å². The maximum atomic E-state index is 10.4. The number of hydrogen-bond donors (Lipinski definition) is 2. The third kappa shape index (κ3) is 2.17. The van der Waals surface area contributed by atoms with Gasteiger partial charge in [-0.25, -0.2) is 4.89 Å². The lowest BCUT2D eigenvalue weighted by Crippen LogP contribution is -2.25. The van der Waals surface area contributed by atoms with Gasteiger partial charge in [0, 0.05) is 0 Å². The zero-order valence-electron chi connectivity index (χ0n) is 6.06. The summed E-state index contributed by atoms with van der Waals surface area (Å²) in [6.07, 6.45) is 3.16. The van der Waals surface area contributed by atoms with Gasteiger partial charge in [0.15, 0.2) is 0 Å². The minimum absolute atomic E-state index is 0.203. The SMILES string of the molecule is O=C(O)C1[CH]CC(OO)CC1. The largest absolute Gasteiger partial charge is 0.481 e. The van der Waals surface area contributed by atoms with Crippen LogP contribution in [0.15, 0.2) is 0 Å². The monoisotopic (exact) mass is 159 g/mol. The van der Waals surface area contributed by atoms with Gasteiger partial charge in [-0.2, -0.15) is 0 Å². The number of aliphatic carboxylic acids is 1. The van der Waals surface area contributed by atoms with E-state index in [9.17, 15) is 4.79 Å². The van der Waals surface area contributed by atoms with Crippen LogP contribution in [0.1, 0.15) is 19.3 Å². The highest BCUT2D eigenvalue weighted by Gasteiger charge is 2.26. The van der Waals surface area contributed by atoms with Crippen molar-refractivity contribution in [2.75, 3.05) is 0 Å². The molecule has 2 N–H and O–H groups in total. The van der Waals surface area contributed by atoms with Crippen LogP contribution in [-0.4, -0.2) is 22.4 Å². The van der Waals surface area contributed by atoms with Crippen LogP contribution in [0.3, 0.4) is 0 Å². The Morgan fingerprint density at radius 2 is 2.27 bits per heavy atom. The molecule has 0 amide bonds. The highest BCUT2D eigenvalue weighted by molar-refractivity contribution is 5.71. The molecule has 0 aromatic rings. The van der Waals surface area contributed by atoms with E-state index in [-0.39, 0.29) is 12.0 Å². The van der Waals surface area contributed by atoms with Crippen molar-refractivity contribution < 1.29 is 20.0 Å². The molecule has 0 saturated heterocycles. The van der Waals surface area contributed by atoms with Crippen LogP contribution < -0.4 is 0 Å². The van der Waals surface area contributed by atoms with Crippen molar-refractivity contribution in [2.24, 2.45) is 5.92 Å². The predicted molar refractivity (Wildman–Crippen MR) is 36.8 cm³/mol. The fourth-order valence-corrected chi connectivity index (χ4v) is 1.24. The Morgan fingerprint density at radius 1 is 1.55 bits per heavy atom. The van der Waals surface area contributed by atoms with E-state index in [0.29, 0.717) is 19.3 Å². The number of carbonyl (C=O) groups is 1. The van der Waals surface area contributed by atoms with Crippen LogP contribution in [0.4, 0.5) is 0 Å². The van der Waals surface area contributed by atoms with E-state index in [1.807, 2.05) is 0 Å². The number of carboxylic acids is 1. The van der Waals surface area contributed by atoms with Crippen molar-refractivity contribution in [3.05, 3.63) is 6.42 Å². The zero-order chi connectivity index (χ0) is 8.27. The molecule has 1 saturated carbocycles. The van der Waals surface area contributed by atoms with Crippen molar-refractivity contribution in [1.29, 1.82) is 0 Å². The predicted octanol–water partition coefficient (Wildman–Crippen LogP) is 0.934. The standard InChI is InChI=1S/C7H11O4/c8-7(9)5-1-3-6(11-10)4-2-5/h1,5-6,10H,2-4H2,(H,8,9). The number of carboxylic acid groups (broad SMARTS) is 1. The van der Waals surface area contributed by atoms with Crippen LogP contribution in [0.5, 0.6) is 0 Å². The maximum Gasteiger partial charge on any atom is 0.306 e. The maximum absolute atomic E-state index is 10.4. The lowest BCUT2D eigenvalue weighted by atomic mass is 9.88. The second-order valence-corrected chi connectivity index (χ2v) is 2.72. The summed E-state index contributed by atoms with van der Waals surface area (Å²) < 4.78 is 0. The van der Waals surface area contributed by atoms with Gasteiger partial charge in [0.05, 0.1) is 12.0 Å². The molecular weight excluding hydrogens is 148 g/mol. The van der Waals surface area contributed by atoms with Crippen molar-refractivity contribution in [3.8, 4) is 0 Å². The van der Waals surface area contributed by atoms with Crippen molar-refractivity contribution >= 4 is 5.97 Å². The first-order chi connectivity index (χ1) is 5.24. The molecule has 0 spiro atoms. The summed E-state index contributed by atoms with van der Waals surface area (Å²) >= 11 is 0. The summed E-state index contributed by atoms with van der Waals surface area (Å²) in [5.41, 5.74) is 0. The summed E-state index contributed by atoms with van der Waals surface area (Å²) in [5, 5.41) is 16.8. The lowest BCUT2D eigenvalue weighted by molar-refractivity contribution is -0.282. The van der Waals surface area contributed by atoms with Gasteiger partial charge in [-0.1, -0.05) is 0 Å². The quantitative estimate of drug-likeness (QED) is 0.464. The van der Waals surface area contributed by atoms with Gasteiger partial charge in [-0.05, 0) is 25.7 Å². The van der Waals surface area contributed by atoms with Gasteiger partial charge in [0.1, 0.15) is 0 Å². The third-order valence-corrected chi connectivity index (χ3v) is 1.95. The van der Waals surface area contributed by atoms with Crippen LogP contribution in [0.25, 0.3) is 0 Å². The van der Waals surface area contributed by atoms with Gasteiger partial charge in [0.2, 0.25) is 0 Å². The van der Waals surface area contributed by atoms with E-state index in [4.69, 9.17) is 10.4 Å². The molecule has 0 aliphatic heterocycles. The Morgan fingerprint density at radius 3 is 2.64 bits per heavy atom. The average Bonchev–Trinajstić information content (AvgIpc) is 2.05. The van der Waals surface area contributed by atoms with E-state index in [1.54, 1.807) is 6.42 Å². The minimum atomic E-state index is -0.790. The molecule has 2 unspecified atom stereocenters. The van der Waals surface area contributed by atoms with Crippen LogP contribution in [0, 0.1) is 12.3 Å². The Balaban J connectivity index is 2.30. The molecule has 2 atom stereocenters. The topological polar surface area (TPSA) is 66.8 Å². The number of rotatable bonds is 2. The first-order valence-corrected chi connectivity index (χ1v) is 3.60. The average molecular weight is 159 g/mol. The summed E-state index contributed by atoms with van der Waals surface area (Å²) in [4.78, 5) is 14.5. The first-order valence-electron chi connectivity index (χ1n) is 3.60. The Hall–Kier alpha value is -0.610. The van der Waals surface area contributed by atoms with Crippen molar-refractivity contribution in [1.82, 2.24) is 0 Å². The smallest absolute Gasteiger partial charge is 0.306 e. The van der Waals surface area contributed by atoms with Crippen molar-refractivity contribution in [2.45, 2.75) is 25.4 Å².